The first kappa shape index (κ1) is 4.46. The number of hydrogen-bond donors (Lipinski definition) is 1. The predicted molar refractivity (Wildman–Crippen MR) is 24.3 cm³/mol. The normalized spacial score (nSPS) is 9.29. The van der Waals surface area contributed by atoms with Gasteiger partial charge in [0.15, 0.2) is 0 Å². The molecule has 38 valence electrons. The Labute approximate surface area is 43.9 Å². The molecule has 3 nitrogen and oxygen atoms in total. The summed E-state index contributed by atoms with van der Waals surface area (Å²) in [5, 5.41) is 0.227. The quantitative estimate of drug-likeness (QED) is 0.544. The largest absolute Gasteiger partial charge is 0.417 e. The first-order valence-electron chi connectivity index (χ1n) is 1.62. The lowest BCUT2D eigenvalue weighted by Gasteiger charge is -1.61. The van der Waals surface area contributed by atoms with E-state index in [0.717, 1.165) is 6.26 Å². The summed E-state index contributed by atoms with van der Waals surface area (Å²) in [5.74, 6) is -0.523. The molecule has 1 N–H and O–H groups in total. The molecule has 0 bridgehead atoms. The fraction of sp³-hybridized carbons (Fsp3) is 0. The molecule has 0 spiro atoms. The highest BCUT2D eigenvalue weighted by Crippen LogP contribution is 1.95. The molecular formula is C3H2ClNO2. The third-order valence-corrected chi connectivity index (χ3v) is 0.674. The molecule has 1 rings (SSSR count). The number of rotatable bonds is 0. The topological polar surface area (TPSA) is 46.0 Å². The Kier molecular flexibility index (Phi) is 0.906. The van der Waals surface area contributed by atoms with Crippen molar-refractivity contribution in [1.29, 1.82) is 0 Å². The lowest BCUT2D eigenvalue weighted by Crippen LogP contribution is -1.92. The van der Waals surface area contributed by atoms with E-state index in [9.17, 15) is 4.79 Å². The number of hydrogen-bond acceptors (Lipinski definition) is 2. The van der Waals surface area contributed by atoms with Gasteiger partial charge >= 0.3 is 5.76 Å². The summed E-state index contributed by atoms with van der Waals surface area (Å²) in [6.45, 7) is 0. The fourth-order valence-electron chi connectivity index (χ4n) is 0.262. The van der Waals surface area contributed by atoms with Crippen LogP contribution in [0.4, 0.5) is 0 Å². The molecule has 4 heteroatoms. The number of aromatic nitrogens is 1. The van der Waals surface area contributed by atoms with Crippen molar-refractivity contribution in [3.8, 4) is 0 Å². The average molecular weight is 120 g/mol. The maximum Gasteiger partial charge on any atom is 0.417 e. The van der Waals surface area contributed by atoms with E-state index in [2.05, 4.69) is 9.40 Å². The van der Waals surface area contributed by atoms with Crippen molar-refractivity contribution in [2.75, 3.05) is 0 Å². The van der Waals surface area contributed by atoms with Gasteiger partial charge in [-0.2, -0.15) is 0 Å². The Bertz CT molecular complexity index is 201. The van der Waals surface area contributed by atoms with Gasteiger partial charge in [-0.15, -0.1) is 0 Å². The summed E-state index contributed by atoms with van der Waals surface area (Å²) in [6, 6.07) is 0. The van der Waals surface area contributed by atoms with Crippen molar-refractivity contribution in [1.82, 2.24) is 4.98 Å². The molecule has 0 saturated heterocycles. The molecule has 0 amide bonds. The minimum absolute atomic E-state index is 0.227. The van der Waals surface area contributed by atoms with Gasteiger partial charge in [-0.3, -0.25) is 4.98 Å². The molecule has 0 aliphatic heterocycles. The van der Waals surface area contributed by atoms with Gasteiger partial charge in [0.1, 0.15) is 11.4 Å². The Balaban J connectivity index is 3.30. The van der Waals surface area contributed by atoms with E-state index in [1.807, 2.05) is 0 Å². The fourth-order valence-corrected chi connectivity index (χ4v) is 0.383. The van der Waals surface area contributed by atoms with Crippen LogP contribution in [0.25, 0.3) is 0 Å². The van der Waals surface area contributed by atoms with E-state index in [4.69, 9.17) is 11.6 Å². The number of oxazole rings is 1. The zero-order chi connectivity index (χ0) is 5.28. The minimum atomic E-state index is -0.523. The smallest absolute Gasteiger partial charge is 0.415 e. The predicted octanol–water partition coefficient (Wildman–Crippen LogP) is 0.621. The molecule has 7 heavy (non-hydrogen) atoms. The van der Waals surface area contributed by atoms with Crippen LogP contribution in [-0.4, -0.2) is 4.98 Å². The monoisotopic (exact) mass is 119 g/mol. The van der Waals surface area contributed by atoms with Crippen LogP contribution in [0.2, 0.25) is 5.15 Å². The van der Waals surface area contributed by atoms with E-state index in [-0.39, 0.29) is 5.15 Å². The summed E-state index contributed by atoms with van der Waals surface area (Å²) in [7, 11) is 0. The summed E-state index contributed by atoms with van der Waals surface area (Å²) in [4.78, 5) is 12.2. The first-order chi connectivity index (χ1) is 3.29. The van der Waals surface area contributed by atoms with Crippen molar-refractivity contribution < 1.29 is 4.42 Å². The highest BCUT2D eigenvalue weighted by molar-refractivity contribution is 6.29. The lowest BCUT2D eigenvalue weighted by molar-refractivity contribution is 0.515. The average Bonchev–Trinajstić information content (AvgIpc) is 1.87. The van der Waals surface area contributed by atoms with Crippen LogP contribution in [-0.2, 0) is 0 Å². The Morgan fingerprint density at radius 2 is 2.57 bits per heavy atom. The van der Waals surface area contributed by atoms with Crippen LogP contribution in [0.15, 0.2) is 15.5 Å². The SMILES string of the molecule is O=c1[nH]c(Cl)co1. The van der Waals surface area contributed by atoms with E-state index in [1.165, 1.54) is 0 Å². The van der Waals surface area contributed by atoms with Crippen molar-refractivity contribution in [2.24, 2.45) is 0 Å². The molecular weight excluding hydrogens is 117 g/mol. The second-order valence-corrected chi connectivity index (χ2v) is 1.40. The standard InChI is InChI=1S/C3H2ClNO2/c4-2-1-7-3(6)5-2/h1H,(H,5,6). The maximum atomic E-state index is 9.98. The molecule has 0 unspecified atom stereocenters. The third-order valence-electron chi connectivity index (χ3n) is 0.491. The Hall–Kier alpha value is -0.700. The molecule has 0 fully saturated rings. The number of aromatic amines is 1. The van der Waals surface area contributed by atoms with Crippen LogP contribution in [0.3, 0.4) is 0 Å². The van der Waals surface area contributed by atoms with Gasteiger partial charge in [0, 0.05) is 0 Å². The van der Waals surface area contributed by atoms with Gasteiger partial charge in [0.2, 0.25) is 0 Å². The molecule has 1 heterocycles. The van der Waals surface area contributed by atoms with Crippen LogP contribution >= 0.6 is 11.6 Å². The number of nitrogens with one attached hydrogen (secondary N) is 1. The van der Waals surface area contributed by atoms with Crippen LogP contribution in [0.5, 0.6) is 0 Å². The molecule has 0 saturated carbocycles. The van der Waals surface area contributed by atoms with Gasteiger partial charge in [0.25, 0.3) is 0 Å². The van der Waals surface area contributed by atoms with Gasteiger partial charge in [-0.25, -0.2) is 4.79 Å². The van der Waals surface area contributed by atoms with Crippen LogP contribution < -0.4 is 5.76 Å². The minimum Gasteiger partial charge on any atom is -0.415 e. The maximum absolute atomic E-state index is 9.98. The molecule has 0 aliphatic rings. The van der Waals surface area contributed by atoms with Gasteiger partial charge in [-0.05, 0) is 0 Å². The summed E-state index contributed by atoms with van der Waals surface area (Å²) < 4.78 is 4.22. The van der Waals surface area contributed by atoms with E-state index in [0.29, 0.717) is 0 Å². The van der Waals surface area contributed by atoms with Gasteiger partial charge < -0.3 is 4.42 Å². The van der Waals surface area contributed by atoms with Crippen molar-refractivity contribution in [3.05, 3.63) is 22.0 Å². The lowest BCUT2D eigenvalue weighted by atomic mass is 11.0. The van der Waals surface area contributed by atoms with Crippen LogP contribution in [0.1, 0.15) is 0 Å². The van der Waals surface area contributed by atoms with Gasteiger partial charge in [-0.1, -0.05) is 11.6 Å². The molecule has 0 aromatic carbocycles. The Morgan fingerprint density at radius 1 is 1.86 bits per heavy atom. The highest BCUT2D eigenvalue weighted by Gasteiger charge is 1.87. The molecule has 1 aromatic heterocycles. The zero-order valence-corrected chi connectivity index (χ0v) is 4.03. The summed E-state index contributed by atoms with van der Waals surface area (Å²) >= 11 is 5.21. The summed E-state index contributed by atoms with van der Waals surface area (Å²) in [5.41, 5.74) is 0. The molecule has 1 aromatic rings. The van der Waals surface area contributed by atoms with Crippen molar-refractivity contribution in [2.45, 2.75) is 0 Å². The van der Waals surface area contributed by atoms with Crippen molar-refractivity contribution in [3.63, 3.8) is 0 Å². The second-order valence-electron chi connectivity index (χ2n) is 0.996. The number of halogens is 1. The summed E-state index contributed by atoms with van der Waals surface area (Å²) in [6.07, 6.45) is 1.14. The highest BCUT2D eigenvalue weighted by atomic mass is 35.5. The molecule has 0 radical (unpaired) electrons. The Morgan fingerprint density at radius 3 is 2.71 bits per heavy atom. The van der Waals surface area contributed by atoms with E-state index >= 15 is 0 Å². The molecule has 0 atom stereocenters. The number of H-pyrrole nitrogens is 1. The van der Waals surface area contributed by atoms with Gasteiger partial charge in [0.05, 0.1) is 0 Å². The van der Waals surface area contributed by atoms with E-state index in [1.54, 1.807) is 0 Å². The first-order valence-corrected chi connectivity index (χ1v) is 2.00. The van der Waals surface area contributed by atoms with Crippen LogP contribution in [0, 0.1) is 0 Å². The third kappa shape index (κ3) is 0.838. The molecule has 0 aliphatic carbocycles. The zero-order valence-electron chi connectivity index (χ0n) is 3.27. The second kappa shape index (κ2) is 1.42. The van der Waals surface area contributed by atoms with E-state index < -0.39 is 5.76 Å². The van der Waals surface area contributed by atoms with Crippen molar-refractivity contribution >= 4 is 11.6 Å².